The van der Waals surface area contributed by atoms with Crippen LogP contribution in [-0.2, 0) is 14.3 Å². The first-order valence-corrected chi connectivity index (χ1v) is 13.2. The Labute approximate surface area is 194 Å². The van der Waals surface area contributed by atoms with Gasteiger partial charge in [-0.3, -0.25) is 4.79 Å². The first-order valence-electron chi connectivity index (χ1n) is 13.2. The molecule has 4 heteroatoms. The van der Waals surface area contributed by atoms with E-state index < -0.39 is 0 Å². The van der Waals surface area contributed by atoms with Crippen LogP contribution in [0.5, 0.6) is 0 Å². The molecule has 0 aromatic heterocycles. The van der Waals surface area contributed by atoms with Gasteiger partial charge in [-0.05, 0) is 98.7 Å². The first-order chi connectivity index (χ1) is 15.2. The number of aliphatic hydroxyl groups is 1. The minimum Gasteiger partial charge on any atom is -0.463 e. The van der Waals surface area contributed by atoms with E-state index in [1.54, 1.807) is 6.08 Å². The Bertz CT molecular complexity index is 759. The van der Waals surface area contributed by atoms with Crippen LogP contribution in [0.15, 0.2) is 12.2 Å². The SMILES string of the molecule is CCOC(=O)/C=C/[C@@H](C)[C@H]1CCC2C3C(=O)[C@H](CC)[C@@H]4C[C@H](O)CC[C@]4(C)C3CC[C@@]21C. The molecule has 1 N–H and O–H groups in total. The van der Waals surface area contributed by atoms with E-state index in [4.69, 9.17) is 4.74 Å². The summed E-state index contributed by atoms with van der Waals surface area (Å²) in [5.41, 5.74) is 0.345. The van der Waals surface area contributed by atoms with Gasteiger partial charge < -0.3 is 9.84 Å². The van der Waals surface area contributed by atoms with Gasteiger partial charge in [0.25, 0.3) is 0 Å². The molecule has 10 atom stereocenters. The van der Waals surface area contributed by atoms with Crippen LogP contribution in [0.1, 0.15) is 86.0 Å². The molecule has 0 heterocycles. The Morgan fingerprint density at radius 3 is 2.47 bits per heavy atom. The normalized spacial score (nSPS) is 46.9. The fraction of sp³-hybridized carbons (Fsp3) is 0.857. The summed E-state index contributed by atoms with van der Waals surface area (Å²) in [4.78, 5) is 25.8. The third-order valence-corrected chi connectivity index (χ3v) is 10.7. The lowest BCUT2D eigenvalue weighted by molar-refractivity contribution is -0.173. The molecule has 4 saturated carbocycles. The number of rotatable bonds is 5. The van der Waals surface area contributed by atoms with E-state index in [2.05, 4.69) is 27.7 Å². The molecule has 3 unspecified atom stereocenters. The van der Waals surface area contributed by atoms with Crippen molar-refractivity contribution >= 4 is 11.8 Å². The average molecular weight is 445 g/mol. The lowest BCUT2D eigenvalue weighted by Crippen LogP contribution is -2.60. The largest absolute Gasteiger partial charge is 0.463 e. The van der Waals surface area contributed by atoms with Crippen LogP contribution >= 0.6 is 0 Å². The van der Waals surface area contributed by atoms with E-state index >= 15 is 0 Å². The minimum atomic E-state index is -0.255. The number of carbonyl (C=O) groups is 2. The number of fused-ring (bicyclic) bond motifs is 5. The molecular formula is C28H44O4. The topological polar surface area (TPSA) is 63.6 Å². The molecule has 0 aliphatic heterocycles. The third-order valence-electron chi connectivity index (χ3n) is 10.7. The number of hydrogen-bond donors (Lipinski definition) is 1. The molecule has 32 heavy (non-hydrogen) atoms. The third kappa shape index (κ3) is 3.69. The maximum Gasteiger partial charge on any atom is 0.330 e. The lowest BCUT2D eigenvalue weighted by Gasteiger charge is -2.62. The molecule has 4 aliphatic carbocycles. The number of carbonyl (C=O) groups excluding carboxylic acids is 2. The van der Waals surface area contributed by atoms with Gasteiger partial charge in [-0.15, -0.1) is 0 Å². The average Bonchev–Trinajstić information content (AvgIpc) is 3.11. The van der Waals surface area contributed by atoms with Crippen molar-refractivity contribution in [3.8, 4) is 0 Å². The van der Waals surface area contributed by atoms with Gasteiger partial charge in [0.1, 0.15) is 5.78 Å². The Kier molecular flexibility index (Phi) is 6.66. The number of aliphatic hydroxyl groups excluding tert-OH is 1. The van der Waals surface area contributed by atoms with Crippen molar-refractivity contribution in [3.05, 3.63) is 12.2 Å². The van der Waals surface area contributed by atoms with E-state index in [1.807, 2.05) is 13.0 Å². The Hall–Kier alpha value is -1.16. The maximum absolute atomic E-state index is 14.0. The maximum atomic E-state index is 14.0. The van der Waals surface area contributed by atoms with Crippen LogP contribution in [0.25, 0.3) is 0 Å². The van der Waals surface area contributed by atoms with Gasteiger partial charge in [-0.25, -0.2) is 4.79 Å². The fourth-order valence-corrected chi connectivity index (χ4v) is 9.09. The summed E-state index contributed by atoms with van der Waals surface area (Å²) >= 11 is 0. The van der Waals surface area contributed by atoms with Crippen LogP contribution in [0.3, 0.4) is 0 Å². The number of ether oxygens (including phenoxy) is 1. The van der Waals surface area contributed by atoms with Crippen LogP contribution in [0.4, 0.5) is 0 Å². The van der Waals surface area contributed by atoms with Gasteiger partial charge in [0, 0.05) is 17.9 Å². The van der Waals surface area contributed by atoms with Crippen LogP contribution in [0, 0.1) is 52.3 Å². The zero-order valence-corrected chi connectivity index (χ0v) is 20.8. The molecule has 0 bridgehead atoms. The summed E-state index contributed by atoms with van der Waals surface area (Å²) in [6, 6.07) is 0. The molecule has 0 amide bonds. The molecule has 4 aliphatic rings. The van der Waals surface area contributed by atoms with Crippen molar-refractivity contribution in [2.24, 2.45) is 52.3 Å². The second-order valence-electron chi connectivity index (χ2n) is 11.9. The highest BCUT2D eigenvalue weighted by Gasteiger charge is 2.64. The highest BCUT2D eigenvalue weighted by atomic mass is 16.5. The first kappa shape index (κ1) is 24.0. The van der Waals surface area contributed by atoms with Gasteiger partial charge in [-0.1, -0.05) is 33.8 Å². The van der Waals surface area contributed by atoms with E-state index in [-0.39, 0.29) is 34.7 Å². The Morgan fingerprint density at radius 1 is 1.09 bits per heavy atom. The monoisotopic (exact) mass is 444 g/mol. The van der Waals surface area contributed by atoms with Gasteiger partial charge in [0.15, 0.2) is 0 Å². The predicted octanol–water partition coefficient (Wildman–Crippen LogP) is 5.58. The summed E-state index contributed by atoms with van der Waals surface area (Å²) in [5.74, 6) is 2.63. The molecule has 0 aromatic rings. The number of allylic oxidation sites excluding steroid dienone is 1. The van der Waals surface area contributed by atoms with Gasteiger partial charge in [0.05, 0.1) is 12.7 Å². The van der Waals surface area contributed by atoms with Gasteiger partial charge in [0.2, 0.25) is 0 Å². The summed E-state index contributed by atoms with van der Waals surface area (Å²) in [6.45, 7) is 11.5. The number of ketones is 1. The minimum absolute atomic E-state index is 0.110. The van der Waals surface area contributed by atoms with Crippen LogP contribution in [0.2, 0.25) is 0 Å². The summed E-state index contributed by atoms with van der Waals surface area (Å²) < 4.78 is 5.08. The standard InChI is InChI=1S/C28H44O4/c1-6-19-23-16-18(29)12-14-28(23,5)22-13-15-27(4)20(9-10-21(27)25(22)26(19)31)17(3)8-11-24(30)32-7-2/h8,11,17-23,25,29H,6-7,9-10,12-16H2,1-5H3/b11-8+/t17-,18-,19-,20-,21?,22?,23+,25?,27-,28-/m1/s1. The summed E-state index contributed by atoms with van der Waals surface area (Å²) in [7, 11) is 0. The zero-order valence-electron chi connectivity index (χ0n) is 20.8. The summed E-state index contributed by atoms with van der Waals surface area (Å²) in [5, 5.41) is 10.4. The molecule has 0 aromatic carbocycles. The van der Waals surface area contributed by atoms with E-state index in [1.165, 1.54) is 6.42 Å². The molecular weight excluding hydrogens is 400 g/mol. The molecule has 0 spiro atoms. The van der Waals surface area contributed by atoms with Crippen molar-refractivity contribution in [1.29, 1.82) is 0 Å². The number of hydrogen-bond acceptors (Lipinski definition) is 4. The van der Waals surface area contributed by atoms with E-state index in [0.717, 1.165) is 44.9 Å². The molecule has 0 saturated heterocycles. The van der Waals surface area contributed by atoms with E-state index in [0.29, 0.717) is 42.0 Å². The van der Waals surface area contributed by atoms with E-state index in [9.17, 15) is 14.7 Å². The van der Waals surface area contributed by atoms with Crippen molar-refractivity contribution < 1.29 is 19.4 Å². The smallest absolute Gasteiger partial charge is 0.330 e. The second kappa shape index (κ2) is 8.89. The van der Waals surface area contributed by atoms with Crippen LogP contribution in [-0.4, -0.2) is 29.6 Å². The fourth-order valence-electron chi connectivity index (χ4n) is 9.09. The highest BCUT2D eigenvalue weighted by molar-refractivity contribution is 5.86. The molecule has 4 rings (SSSR count). The number of esters is 1. The molecule has 4 nitrogen and oxygen atoms in total. The Balaban J connectivity index is 1.60. The lowest BCUT2D eigenvalue weighted by atomic mass is 9.42. The van der Waals surface area contributed by atoms with Crippen LogP contribution < -0.4 is 0 Å². The molecule has 0 radical (unpaired) electrons. The molecule has 180 valence electrons. The molecule has 4 fully saturated rings. The second-order valence-corrected chi connectivity index (χ2v) is 11.9. The van der Waals surface area contributed by atoms with Crippen molar-refractivity contribution in [2.45, 2.75) is 92.1 Å². The zero-order chi connectivity index (χ0) is 23.3. The number of Topliss-reactive ketones (excluding diaryl/α,β-unsaturated/α-hetero) is 1. The van der Waals surface area contributed by atoms with Crippen molar-refractivity contribution in [2.75, 3.05) is 6.61 Å². The highest BCUT2D eigenvalue weighted by Crippen LogP contribution is 2.68. The Morgan fingerprint density at radius 2 is 1.78 bits per heavy atom. The van der Waals surface area contributed by atoms with Gasteiger partial charge in [-0.2, -0.15) is 0 Å². The quantitative estimate of drug-likeness (QED) is 0.444. The van der Waals surface area contributed by atoms with Crippen molar-refractivity contribution in [3.63, 3.8) is 0 Å². The summed E-state index contributed by atoms with van der Waals surface area (Å²) in [6.07, 6.45) is 11.7. The van der Waals surface area contributed by atoms with Crippen molar-refractivity contribution in [1.82, 2.24) is 0 Å². The van der Waals surface area contributed by atoms with Gasteiger partial charge >= 0.3 is 5.97 Å². The predicted molar refractivity (Wildman–Crippen MR) is 126 cm³/mol.